The molecular weight excluding hydrogens is 569 g/mol. The van der Waals surface area contributed by atoms with Crippen LogP contribution in [0.2, 0.25) is 0 Å². The predicted octanol–water partition coefficient (Wildman–Crippen LogP) is 8.65. The Bertz CT molecular complexity index is 2580. The molecule has 6 aromatic carbocycles. The first-order valence-electron chi connectivity index (χ1n) is 15.0. The van der Waals surface area contributed by atoms with E-state index in [-0.39, 0.29) is 0 Å². The number of nitrogens with zero attached hydrogens (tertiary/aromatic N) is 3. The average Bonchev–Trinajstić information content (AvgIpc) is 3.51. The molecule has 0 bridgehead atoms. The Hall–Kier alpha value is -5.57. The van der Waals surface area contributed by atoms with Gasteiger partial charge in [0.2, 0.25) is 0 Å². The van der Waals surface area contributed by atoms with Crippen molar-refractivity contribution in [2.24, 2.45) is 0 Å². The molecule has 9 rings (SSSR count). The first-order valence-corrected chi connectivity index (χ1v) is 16.7. The summed E-state index contributed by atoms with van der Waals surface area (Å²) in [4.78, 5) is 9.47. The fourth-order valence-corrected chi connectivity index (χ4v) is 9.40. The Kier molecular flexibility index (Phi) is 5.74. The monoisotopic (exact) mass is 595 g/mol. The van der Waals surface area contributed by atoms with Crippen LogP contribution in [0.1, 0.15) is 0 Å². The summed E-state index contributed by atoms with van der Waals surface area (Å²) in [7, 11) is -3.05. The van der Waals surface area contributed by atoms with Gasteiger partial charge in [-0.3, -0.25) is 9.38 Å². The third-order valence-corrected chi connectivity index (χ3v) is 12.0. The van der Waals surface area contributed by atoms with Crippen LogP contribution < -0.4 is 15.9 Å². The zero-order valence-corrected chi connectivity index (χ0v) is 25.1. The van der Waals surface area contributed by atoms with Gasteiger partial charge in [-0.1, -0.05) is 109 Å². The van der Waals surface area contributed by atoms with E-state index >= 15 is 0 Å². The van der Waals surface area contributed by atoms with Gasteiger partial charge in [0, 0.05) is 44.5 Å². The summed E-state index contributed by atoms with van der Waals surface area (Å²) in [6.07, 6.45) is 3.77. The molecule has 0 unspecified atom stereocenters. The molecule has 3 heterocycles. The van der Waals surface area contributed by atoms with E-state index < -0.39 is 7.14 Å². The standard InChI is InChI=1S/C40H26N3OP/c44-45(31-9-3-1-4-10-31,32-11-5-2-6-12-32)33-19-17-28-23-27(15-16-29(28)24-33)30-18-20-37-39(25-30)43-38-14-8-7-13-34(38)36-26-41-22-21-35(36)40(43)42-37/h1-26H. The maximum Gasteiger partial charge on any atom is 0.171 e. The maximum atomic E-state index is 14.9. The summed E-state index contributed by atoms with van der Waals surface area (Å²) < 4.78 is 17.2. The molecule has 3 aromatic heterocycles. The van der Waals surface area contributed by atoms with Gasteiger partial charge < -0.3 is 4.57 Å². The number of rotatable bonds is 4. The topological polar surface area (TPSA) is 47.3 Å². The van der Waals surface area contributed by atoms with Crippen molar-refractivity contribution in [1.29, 1.82) is 0 Å². The average molecular weight is 596 g/mol. The van der Waals surface area contributed by atoms with Gasteiger partial charge in [0.25, 0.3) is 0 Å². The second-order valence-electron chi connectivity index (χ2n) is 11.4. The SMILES string of the molecule is O=P(c1ccccc1)(c1ccccc1)c1ccc2cc(-c3ccc4nc5c6ccncc6c6ccccc6n5c4c3)ccc2c1. The van der Waals surface area contributed by atoms with E-state index in [1.165, 1.54) is 0 Å². The van der Waals surface area contributed by atoms with E-state index in [1.54, 1.807) is 0 Å². The quantitative estimate of drug-likeness (QED) is 0.151. The zero-order valence-electron chi connectivity index (χ0n) is 24.2. The van der Waals surface area contributed by atoms with E-state index in [9.17, 15) is 4.57 Å². The fraction of sp³-hybridized carbons (Fsp3) is 0. The summed E-state index contributed by atoms with van der Waals surface area (Å²) in [6, 6.07) is 49.4. The van der Waals surface area contributed by atoms with Gasteiger partial charge in [-0.05, 0) is 58.3 Å². The Morgan fingerprint density at radius 3 is 1.98 bits per heavy atom. The molecule has 0 aliphatic carbocycles. The van der Waals surface area contributed by atoms with Crippen molar-refractivity contribution < 1.29 is 4.57 Å². The molecule has 0 amide bonds. The van der Waals surface area contributed by atoms with Gasteiger partial charge in [0.05, 0.1) is 16.6 Å². The molecule has 212 valence electrons. The Morgan fingerprint density at radius 1 is 0.511 bits per heavy atom. The summed E-state index contributed by atoms with van der Waals surface area (Å²) >= 11 is 0. The summed E-state index contributed by atoms with van der Waals surface area (Å²) in [5.41, 5.74) is 6.31. The number of fused-ring (bicyclic) bond motifs is 9. The molecule has 4 nitrogen and oxygen atoms in total. The van der Waals surface area contributed by atoms with Gasteiger partial charge in [-0.15, -0.1) is 0 Å². The number of benzene rings is 6. The summed E-state index contributed by atoms with van der Waals surface area (Å²) in [6.45, 7) is 0. The van der Waals surface area contributed by atoms with Crippen LogP contribution in [-0.2, 0) is 4.57 Å². The third kappa shape index (κ3) is 3.96. The van der Waals surface area contributed by atoms with Crippen LogP contribution in [0.25, 0.3) is 60.3 Å². The van der Waals surface area contributed by atoms with Crippen LogP contribution >= 0.6 is 7.14 Å². The molecule has 5 heteroatoms. The molecule has 0 saturated carbocycles. The van der Waals surface area contributed by atoms with Crippen molar-refractivity contribution in [3.63, 3.8) is 0 Å². The highest BCUT2D eigenvalue weighted by Gasteiger charge is 2.29. The van der Waals surface area contributed by atoms with Crippen LogP contribution in [0.4, 0.5) is 0 Å². The van der Waals surface area contributed by atoms with Gasteiger partial charge >= 0.3 is 0 Å². The van der Waals surface area contributed by atoms with Crippen molar-refractivity contribution >= 4 is 72.2 Å². The van der Waals surface area contributed by atoms with Crippen molar-refractivity contribution in [2.75, 3.05) is 0 Å². The lowest BCUT2D eigenvalue weighted by Crippen LogP contribution is -2.24. The van der Waals surface area contributed by atoms with Crippen molar-refractivity contribution in [3.8, 4) is 11.1 Å². The number of imidazole rings is 1. The van der Waals surface area contributed by atoms with Gasteiger partial charge in [-0.2, -0.15) is 0 Å². The second kappa shape index (κ2) is 9.99. The molecule has 0 aliphatic heterocycles. The minimum Gasteiger partial charge on any atom is -0.309 e. The lowest BCUT2D eigenvalue weighted by Gasteiger charge is -2.20. The maximum absolute atomic E-state index is 14.9. The van der Waals surface area contributed by atoms with Crippen LogP contribution in [-0.4, -0.2) is 14.4 Å². The van der Waals surface area contributed by atoms with E-state index in [1.807, 2.05) is 79.1 Å². The lowest BCUT2D eigenvalue weighted by atomic mass is 10.0. The molecule has 0 atom stereocenters. The molecule has 0 radical (unpaired) electrons. The van der Waals surface area contributed by atoms with Crippen LogP contribution in [0.3, 0.4) is 0 Å². The normalized spacial score (nSPS) is 12.1. The number of pyridine rings is 2. The second-order valence-corrected chi connectivity index (χ2v) is 14.2. The molecule has 0 N–H and O–H groups in total. The van der Waals surface area contributed by atoms with Crippen molar-refractivity contribution in [3.05, 3.63) is 158 Å². The van der Waals surface area contributed by atoms with Crippen LogP contribution in [0.15, 0.2) is 158 Å². The third-order valence-electron chi connectivity index (χ3n) is 8.91. The Morgan fingerprint density at radius 2 is 1.18 bits per heavy atom. The molecule has 0 spiro atoms. The summed E-state index contributed by atoms with van der Waals surface area (Å²) in [5, 5.41) is 8.02. The highest BCUT2D eigenvalue weighted by Crippen LogP contribution is 2.43. The van der Waals surface area contributed by atoms with Crippen molar-refractivity contribution in [1.82, 2.24) is 14.4 Å². The molecule has 9 aromatic rings. The van der Waals surface area contributed by atoms with E-state index in [2.05, 4.69) is 88.2 Å². The van der Waals surface area contributed by atoms with Crippen LogP contribution in [0, 0.1) is 0 Å². The highest BCUT2D eigenvalue weighted by atomic mass is 31.2. The number of aromatic nitrogens is 3. The van der Waals surface area contributed by atoms with Gasteiger partial charge in [0.15, 0.2) is 7.14 Å². The van der Waals surface area contributed by atoms with Crippen molar-refractivity contribution in [2.45, 2.75) is 0 Å². The van der Waals surface area contributed by atoms with Gasteiger partial charge in [0.1, 0.15) is 5.65 Å². The molecule has 0 aliphatic rings. The summed E-state index contributed by atoms with van der Waals surface area (Å²) in [5.74, 6) is 0. The molecule has 45 heavy (non-hydrogen) atoms. The molecule has 0 saturated heterocycles. The largest absolute Gasteiger partial charge is 0.309 e. The first kappa shape index (κ1) is 25.9. The van der Waals surface area contributed by atoms with E-state index in [4.69, 9.17) is 4.98 Å². The smallest absolute Gasteiger partial charge is 0.171 e. The fourth-order valence-electron chi connectivity index (χ4n) is 6.71. The Labute approximate surface area is 259 Å². The molecular formula is C40H26N3OP. The van der Waals surface area contributed by atoms with Gasteiger partial charge in [-0.25, -0.2) is 4.98 Å². The predicted molar refractivity (Wildman–Crippen MR) is 188 cm³/mol. The van der Waals surface area contributed by atoms with E-state index in [0.717, 1.165) is 76.2 Å². The minimum atomic E-state index is -3.05. The zero-order chi connectivity index (χ0) is 30.0. The number of hydrogen-bond donors (Lipinski definition) is 0. The van der Waals surface area contributed by atoms with Crippen LogP contribution in [0.5, 0.6) is 0 Å². The van der Waals surface area contributed by atoms with E-state index in [0.29, 0.717) is 0 Å². The lowest BCUT2D eigenvalue weighted by molar-refractivity contribution is 0.592. The number of hydrogen-bond acceptors (Lipinski definition) is 3. The minimum absolute atomic E-state index is 0.835. The first-order chi connectivity index (χ1) is 22.2. The number of para-hydroxylation sites is 1. The highest BCUT2D eigenvalue weighted by molar-refractivity contribution is 7.85. The molecule has 0 fully saturated rings. The Balaban J connectivity index is 1.19.